The first-order valence-electron chi connectivity index (χ1n) is 9.19. The van der Waals surface area contributed by atoms with Gasteiger partial charge in [-0.3, -0.25) is 0 Å². The van der Waals surface area contributed by atoms with E-state index >= 15 is 0 Å². The van der Waals surface area contributed by atoms with Crippen LogP contribution in [0.3, 0.4) is 0 Å². The lowest BCUT2D eigenvalue weighted by molar-refractivity contribution is 0.504. The van der Waals surface area contributed by atoms with Crippen molar-refractivity contribution in [1.29, 1.82) is 0 Å². The summed E-state index contributed by atoms with van der Waals surface area (Å²) in [4.78, 5) is 0. The van der Waals surface area contributed by atoms with E-state index in [1.165, 1.54) is 63.4 Å². The molecule has 0 N–H and O–H groups in total. The summed E-state index contributed by atoms with van der Waals surface area (Å²) >= 11 is 0. The Balaban J connectivity index is 1.56. The maximum absolute atomic E-state index is 4.18. The maximum atomic E-state index is 4.18. The van der Waals surface area contributed by atoms with Gasteiger partial charge in [0.05, 0.1) is 0 Å². The van der Waals surface area contributed by atoms with Crippen LogP contribution in [-0.4, -0.2) is 20.2 Å². The minimum atomic E-state index is 0.969. The van der Waals surface area contributed by atoms with Crippen molar-refractivity contribution in [3.05, 3.63) is 41.7 Å². The fourth-order valence-corrected chi connectivity index (χ4v) is 2.87. The average Bonchev–Trinajstić information content (AvgIpc) is 3.03. The summed E-state index contributed by atoms with van der Waals surface area (Å²) in [5, 5.41) is 12.1. The second-order valence-electron chi connectivity index (χ2n) is 6.28. The molecule has 23 heavy (non-hydrogen) atoms. The number of nitrogens with zero attached hydrogens (tertiary/aromatic N) is 4. The molecule has 0 radical (unpaired) electrons. The first kappa shape index (κ1) is 17.6. The highest BCUT2D eigenvalue weighted by Crippen LogP contribution is 2.10. The SMILES string of the molecule is CCCCCCn1nnnc1CCCCCCc1ccccc1. The Morgan fingerprint density at radius 3 is 2.35 bits per heavy atom. The van der Waals surface area contributed by atoms with Crippen LogP contribution in [0.5, 0.6) is 0 Å². The molecule has 2 aromatic rings. The lowest BCUT2D eigenvalue weighted by Crippen LogP contribution is -2.06. The van der Waals surface area contributed by atoms with Crippen LogP contribution < -0.4 is 0 Å². The second-order valence-corrected chi connectivity index (χ2v) is 6.28. The Bertz CT molecular complexity index is 521. The molecule has 0 bridgehead atoms. The van der Waals surface area contributed by atoms with Gasteiger partial charge in [-0.05, 0) is 41.7 Å². The molecule has 0 aliphatic rings. The Kier molecular flexibility index (Phi) is 8.38. The minimum Gasteiger partial charge on any atom is -0.230 e. The van der Waals surface area contributed by atoms with E-state index in [4.69, 9.17) is 0 Å². The number of hydrogen-bond acceptors (Lipinski definition) is 3. The third kappa shape index (κ3) is 6.93. The Labute approximate surface area is 140 Å². The summed E-state index contributed by atoms with van der Waals surface area (Å²) in [5.74, 6) is 1.06. The number of hydrogen-bond donors (Lipinski definition) is 0. The third-order valence-electron chi connectivity index (χ3n) is 4.29. The van der Waals surface area contributed by atoms with E-state index in [9.17, 15) is 0 Å². The molecular formula is C19H30N4. The normalized spacial score (nSPS) is 11.0. The van der Waals surface area contributed by atoms with Gasteiger partial charge in [-0.25, -0.2) is 4.68 Å². The molecule has 0 aliphatic heterocycles. The second kappa shape index (κ2) is 10.9. The van der Waals surface area contributed by atoms with Crippen molar-refractivity contribution >= 4 is 0 Å². The molecule has 0 atom stereocenters. The van der Waals surface area contributed by atoms with Crippen LogP contribution in [0.4, 0.5) is 0 Å². The third-order valence-corrected chi connectivity index (χ3v) is 4.29. The average molecular weight is 314 g/mol. The van der Waals surface area contributed by atoms with Crippen molar-refractivity contribution in [2.45, 2.75) is 77.7 Å². The molecule has 0 saturated heterocycles. The predicted octanol–water partition coefficient (Wildman–Crippen LogP) is 4.60. The lowest BCUT2D eigenvalue weighted by atomic mass is 10.1. The zero-order chi connectivity index (χ0) is 16.2. The molecule has 4 nitrogen and oxygen atoms in total. The molecule has 1 aromatic heterocycles. The van der Waals surface area contributed by atoms with Crippen LogP contribution in [0.1, 0.15) is 69.7 Å². The molecule has 1 heterocycles. The molecule has 0 saturated carbocycles. The number of benzene rings is 1. The molecule has 0 spiro atoms. The Morgan fingerprint density at radius 1 is 0.826 bits per heavy atom. The van der Waals surface area contributed by atoms with E-state index in [0.29, 0.717) is 0 Å². The van der Waals surface area contributed by atoms with E-state index in [1.807, 2.05) is 4.68 Å². The van der Waals surface area contributed by atoms with E-state index in [-0.39, 0.29) is 0 Å². The van der Waals surface area contributed by atoms with Gasteiger partial charge in [0.1, 0.15) is 0 Å². The zero-order valence-electron chi connectivity index (χ0n) is 14.5. The van der Waals surface area contributed by atoms with Crippen LogP contribution in [0.2, 0.25) is 0 Å². The topological polar surface area (TPSA) is 43.6 Å². The number of unbranched alkanes of at least 4 members (excludes halogenated alkanes) is 6. The molecule has 0 fully saturated rings. The first-order chi connectivity index (χ1) is 11.4. The molecule has 0 aliphatic carbocycles. The highest BCUT2D eigenvalue weighted by atomic mass is 15.5. The monoisotopic (exact) mass is 314 g/mol. The zero-order valence-corrected chi connectivity index (χ0v) is 14.5. The van der Waals surface area contributed by atoms with Gasteiger partial charge in [-0.15, -0.1) is 5.10 Å². The summed E-state index contributed by atoms with van der Waals surface area (Å²) in [5.41, 5.74) is 1.45. The quantitative estimate of drug-likeness (QED) is 0.538. The fraction of sp³-hybridized carbons (Fsp3) is 0.632. The van der Waals surface area contributed by atoms with Crippen molar-refractivity contribution < 1.29 is 0 Å². The van der Waals surface area contributed by atoms with E-state index in [1.54, 1.807) is 0 Å². The van der Waals surface area contributed by atoms with E-state index < -0.39 is 0 Å². The van der Waals surface area contributed by atoms with E-state index in [2.05, 4.69) is 52.8 Å². The van der Waals surface area contributed by atoms with Gasteiger partial charge < -0.3 is 0 Å². The number of rotatable bonds is 12. The Hall–Kier alpha value is -1.71. The molecule has 1 aromatic carbocycles. The Morgan fingerprint density at radius 2 is 1.57 bits per heavy atom. The van der Waals surface area contributed by atoms with Gasteiger partial charge >= 0.3 is 0 Å². The fourth-order valence-electron chi connectivity index (χ4n) is 2.87. The highest BCUT2D eigenvalue weighted by Gasteiger charge is 2.05. The molecular weight excluding hydrogens is 284 g/mol. The molecule has 0 unspecified atom stereocenters. The van der Waals surface area contributed by atoms with Crippen molar-refractivity contribution in [3.8, 4) is 0 Å². The molecule has 2 rings (SSSR count). The van der Waals surface area contributed by atoms with Gasteiger partial charge in [-0.2, -0.15) is 0 Å². The molecule has 126 valence electrons. The van der Waals surface area contributed by atoms with E-state index in [0.717, 1.165) is 18.8 Å². The smallest absolute Gasteiger partial charge is 0.151 e. The number of aromatic nitrogens is 4. The maximum Gasteiger partial charge on any atom is 0.151 e. The van der Waals surface area contributed by atoms with Crippen LogP contribution in [-0.2, 0) is 19.4 Å². The molecule has 4 heteroatoms. The van der Waals surface area contributed by atoms with Gasteiger partial charge in [0, 0.05) is 13.0 Å². The summed E-state index contributed by atoms with van der Waals surface area (Å²) in [6.07, 6.45) is 12.2. The number of tetrazole rings is 1. The van der Waals surface area contributed by atoms with Crippen LogP contribution in [0.15, 0.2) is 30.3 Å². The van der Waals surface area contributed by atoms with Crippen molar-refractivity contribution in [2.75, 3.05) is 0 Å². The minimum absolute atomic E-state index is 0.969. The largest absolute Gasteiger partial charge is 0.230 e. The van der Waals surface area contributed by atoms with Gasteiger partial charge in [0.25, 0.3) is 0 Å². The van der Waals surface area contributed by atoms with Gasteiger partial charge in [0.15, 0.2) is 5.82 Å². The van der Waals surface area contributed by atoms with Crippen LogP contribution >= 0.6 is 0 Å². The summed E-state index contributed by atoms with van der Waals surface area (Å²) in [7, 11) is 0. The van der Waals surface area contributed by atoms with Crippen molar-refractivity contribution in [2.24, 2.45) is 0 Å². The summed E-state index contributed by atoms with van der Waals surface area (Å²) < 4.78 is 2.00. The number of aryl methyl sites for hydroxylation is 3. The standard InChI is InChI=1S/C19H30N4/c1-2-3-4-12-17-23-19(20-21-22-23)16-11-6-5-8-13-18-14-9-7-10-15-18/h7,9-10,14-15H,2-6,8,11-13,16-17H2,1H3. The summed E-state index contributed by atoms with van der Waals surface area (Å²) in [6, 6.07) is 10.8. The molecule has 0 amide bonds. The first-order valence-corrected chi connectivity index (χ1v) is 9.19. The highest BCUT2D eigenvalue weighted by molar-refractivity contribution is 5.14. The lowest BCUT2D eigenvalue weighted by Gasteiger charge is -2.05. The van der Waals surface area contributed by atoms with Gasteiger partial charge in [-0.1, -0.05) is 69.4 Å². The van der Waals surface area contributed by atoms with Crippen LogP contribution in [0.25, 0.3) is 0 Å². The predicted molar refractivity (Wildman–Crippen MR) is 94.3 cm³/mol. The van der Waals surface area contributed by atoms with Gasteiger partial charge in [0.2, 0.25) is 0 Å². The van der Waals surface area contributed by atoms with Crippen molar-refractivity contribution in [1.82, 2.24) is 20.2 Å². The summed E-state index contributed by atoms with van der Waals surface area (Å²) in [6.45, 7) is 3.20. The van der Waals surface area contributed by atoms with Crippen LogP contribution in [0, 0.1) is 0 Å². The van der Waals surface area contributed by atoms with Crippen molar-refractivity contribution in [3.63, 3.8) is 0 Å².